The minimum Gasteiger partial charge on any atom is -0.424 e. The number of hydrogen-bond donors (Lipinski definition) is 2. The van der Waals surface area contributed by atoms with Crippen LogP contribution >= 0.6 is 0 Å². The Morgan fingerprint density at radius 1 is 0.919 bits per heavy atom. The minimum absolute atomic E-state index is 0.00342. The van der Waals surface area contributed by atoms with Gasteiger partial charge < -0.3 is 15.4 Å². The highest BCUT2D eigenvalue weighted by Gasteiger charge is 2.31. The molecule has 5 rings (SSSR count). The number of hydrogen-bond acceptors (Lipinski definition) is 6. The van der Waals surface area contributed by atoms with Crippen LogP contribution in [0.2, 0.25) is 0 Å². The number of urea groups is 1. The fourth-order valence-corrected chi connectivity index (χ4v) is 3.39. The van der Waals surface area contributed by atoms with Crippen molar-refractivity contribution in [3.8, 4) is 22.9 Å². The van der Waals surface area contributed by atoms with Gasteiger partial charge in [-0.2, -0.15) is 18.3 Å². The average Bonchev–Trinajstić information content (AvgIpc) is 3.29. The molecular formula is C24H15F4N7O2. The number of aromatic nitrogens is 5. The molecule has 2 N–H and O–H groups in total. The summed E-state index contributed by atoms with van der Waals surface area (Å²) < 4.78 is 59.3. The predicted octanol–water partition coefficient (Wildman–Crippen LogP) is 5.78. The molecule has 0 aliphatic rings. The maximum Gasteiger partial charge on any atom is 0.416 e. The van der Waals surface area contributed by atoms with Crippen LogP contribution in [0.4, 0.5) is 33.7 Å². The molecule has 3 aromatic heterocycles. The maximum absolute atomic E-state index is 13.5. The van der Waals surface area contributed by atoms with Crippen molar-refractivity contribution in [1.29, 1.82) is 0 Å². The highest BCUT2D eigenvalue weighted by molar-refractivity contribution is 5.99. The molecule has 0 aliphatic carbocycles. The van der Waals surface area contributed by atoms with Gasteiger partial charge in [0, 0.05) is 23.6 Å². The first kappa shape index (κ1) is 23.7. The first-order valence-electron chi connectivity index (χ1n) is 10.6. The Morgan fingerprint density at radius 2 is 1.65 bits per heavy atom. The van der Waals surface area contributed by atoms with Gasteiger partial charge in [0.25, 0.3) is 0 Å². The summed E-state index contributed by atoms with van der Waals surface area (Å²) in [4.78, 5) is 24.4. The number of carbonyl (C=O) groups is 1. The van der Waals surface area contributed by atoms with Crippen molar-refractivity contribution in [1.82, 2.24) is 24.6 Å². The Kier molecular flexibility index (Phi) is 6.09. The van der Waals surface area contributed by atoms with Crippen LogP contribution in [0.1, 0.15) is 5.56 Å². The van der Waals surface area contributed by atoms with E-state index in [1.54, 1.807) is 41.3 Å². The summed E-state index contributed by atoms with van der Waals surface area (Å²) in [6, 6.07) is 9.69. The number of amides is 2. The predicted molar refractivity (Wildman–Crippen MR) is 125 cm³/mol. The zero-order valence-electron chi connectivity index (χ0n) is 18.6. The third-order valence-corrected chi connectivity index (χ3v) is 5.02. The number of carbonyl (C=O) groups excluding carboxylic acids is 1. The monoisotopic (exact) mass is 509 g/mol. The smallest absolute Gasteiger partial charge is 0.416 e. The SMILES string of the molecule is O=C(Nc1cnc(Oc2ccc(-c3cnn4cccnc34)cc2)nc1)Nc1cc(F)cc(C(F)(F)F)c1. The van der Waals surface area contributed by atoms with Crippen molar-refractivity contribution in [2.75, 3.05) is 10.6 Å². The number of nitrogens with zero attached hydrogens (tertiary/aromatic N) is 5. The van der Waals surface area contributed by atoms with E-state index in [0.717, 1.165) is 17.2 Å². The summed E-state index contributed by atoms with van der Waals surface area (Å²) in [5, 5.41) is 8.75. The number of rotatable bonds is 5. The summed E-state index contributed by atoms with van der Waals surface area (Å²) in [5.74, 6) is -0.684. The van der Waals surface area contributed by atoms with Crippen molar-refractivity contribution >= 4 is 23.1 Å². The molecule has 0 saturated heterocycles. The molecule has 2 aromatic carbocycles. The number of ether oxygens (including phenoxy) is 1. The standard InChI is InChI=1S/C24H15F4N7O2/c25-16-8-15(24(26,27)28)9-17(10-16)33-22(36)34-18-11-30-23(31-12-18)37-19-4-2-14(3-5-19)20-13-32-35-7-1-6-29-21(20)35/h1-13H,(H2,33,34,36). The molecule has 186 valence electrons. The topological polar surface area (TPSA) is 106 Å². The largest absolute Gasteiger partial charge is 0.424 e. The Balaban J connectivity index is 1.21. The van der Waals surface area contributed by atoms with Gasteiger partial charge in [0.15, 0.2) is 5.65 Å². The van der Waals surface area contributed by atoms with Gasteiger partial charge in [-0.25, -0.2) is 28.7 Å². The lowest BCUT2D eigenvalue weighted by atomic mass is 10.1. The van der Waals surface area contributed by atoms with Gasteiger partial charge in [0.05, 0.1) is 29.8 Å². The van der Waals surface area contributed by atoms with Gasteiger partial charge in [-0.3, -0.25) is 0 Å². The first-order chi connectivity index (χ1) is 17.7. The van der Waals surface area contributed by atoms with E-state index in [4.69, 9.17) is 4.74 Å². The number of fused-ring (bicyclic) bond motifs is 1. The lowest BCUT2D eigenvalue weighted by Crippen LogP contribution is -2.20. The molecule has 0 atom stereocenters. The fraction of sp³-hybridized carbons (Fsp3) is 0.0417. The van der Waals surface area contributed by atoms with Gasteiger partial charge in [-0.1, -0.05) is 12.1 Å². The lowest BCUT2D eigenvalue weighted by molar-refractivity contribution is -0.137. The molecule has 0 radical (unpaired) electrons. The Labute approximate surface area is 205 Å². The molecule has 2 amide bonds. The molecule has 0 spiro atoms. The van der Waals surface area contributed by atoms with Crippen molar-refractivity contribution in [3.63, 3.8) is 0 Å². The number of halogens is 4. The second-order valence-electron chi connectivity index (χ2n) is 7.63. The molecule has 0 saturated carbocycles. The fourth-order valence-electron chi connectivity index (χ4n) is 3.39. The molecule has 5 aromatic rings. The van der Waals surface area contributed by atoms with Gasteiger partial charge >= 0.3 is 18.2 Å². The minimum atomic E-state index is -4.76. The summed E-state index contributed by atoms with van der Waals surface area (Å²) in [6.45, 7) is 0. The second-order valence-corrected chi connectivity index (χ2v) is 7.63. The molecule has 37 heavy (non-hydrogen) atoms. The van der Waals surface area contributed by atoms with E-state index in [1.165, 1.54) is 12.4 Å². The highest BCUT2D eigenvalue weighted by atomic mass is 19.4. The molecule has 0 aliphatic heterocycles. The van der Waals surface area contributed by atoms with Crippen molar-refractivity contribution in [2.45, 2.75) is 6.18 Å². The van der Waals surface area contributed by atoms with E-state index in [-0.39, 0.29) is 17.4 Å². The van der Waals surface area contributed by atoms with E-state index in [9.17, 15) is 22.4 Å². The van der Waals surface area contributed by atoms with E-state index in [0.29, 0.717) is 23.5 Å². The van der Waals surface area contributed by atoms with E-state index in [2.05, 4.69) is 30.7 Å². The number of nitrogens with one attached hydrogen (secondary N) is 2. The normalized spacial score (nSPS) is 11.4. The molecule has 3 heterocycles. The summed E-state index contributed by atoms with van der Waals surface area (Å²) >= 11 is 0. The quantitative estimate of drug-likeness (QED) is 0.291. The summed E-state index contributed by atoms with van der Waals surface area (Å²) in [7, 11) is 0. The molecule has 0 bridgehead atoms. The van der Waals surface area contributed by atoms with Crippen LogP contribution in [0.3, 0.4) is 0 Å². The van der Waals surface area contributed by atoms with Crippen LogP contribution in [0.15, 0.2) is 79.5 Å². The van der Waals surface area contributed by atoms with Gasteiger partial charge in [0.2, 0.25) is 0 Å². The van der Waals surface area contributed by atoms with E-state index in [1.807, 2.05) is 12.1 Å². The molecule has 9 nitrogen and oxygen atoms in total. The number of anilines is 2. The average molecular weight is 509 g/mol. The van der Waals surface area contributed by atoms with Crippen molar-refractivity contribution in [3.05, 3.63) is 90.9 Å². The van der Waals surface area contributed by atoms with Crippen molar-refractivity contribution in [2.24, 2.45) is 0 Å². The van der Waals surface area contributed by atoms with Gasteiger partial charge in [0.1, 0.15) is 11.6 Å². The van der Waals surface area contributed by atoms with Crippen LogP contribution < -0.4 is 15.4 Å². The third-order valence-electron chi connectivity index (χ3n) is 5.02. The molecule has 13 heteroatoms. The lowest BCUT2D eigenvalue weighted by Gasteiger charge is -2.11. The summed E-state index contributed by atoms with van der Waals surface area (Å²) in [5.41, 5.74) is 0.987. The highest BCUT2D eigenvalue weighted by Crippen LogP contribution is 2.32. The third kappa shape index (κ3) is 5.45. The maximum atomic E-state index is 13.5. The van der Waals surface area contributed by atoms with E-state index >= 15 is 0 Å². The second kappa shape index (κ2) is 9.53. The molecule has 0 unspecified atom stereocenters. The Bertz CT molecular complexity index is 1570. The van der Waals surface area contributed by atoms with Crippen molar-refractivity contribution < 1.29 is 27.1 Å². The van der Waals surface area contributed by atoms with Crippen LogP contribution in [0.5, 0.6) is 11.8 Å². The molecule has 0 fully saturated rings. The Morgan fingerprint density at radius 3 is 2.38 bits per heavy atom. The van der Waals surface area contributed by atoms with Crippen LogP contribution in [-0.2, 0) is 6.18 Å². The zero-order valence-corrected chi connectivity index (χ0v) is 18.6. The number of benzene rings is 2. The molecular weight excluding hydrogens is 494 g/mol. The van der Waals surface area contributed by atoms with Crippen LogP contribution in [0, 0.1) is 5.82 Å². The first-order valence-corrected chi connectivity index (χ1v) is 10.6. The Hall–Kier alpha value is -5.07. The van der Waals surface area contributed by atoms with Crippen LogP contribution in [0.25, 0.3) is 16.8 Å². The van der Waals surface area contributed by atoms with Gasteiger partial charge in [-0.05, 0) is 42.0 Å². The number of alkyl halides is 3. The van der Waals surface area contributed by atoms with Crippen LogP contribution in [-0.4, -0.2) is 30.6 Å². The zero-order chi connectivity index (χ0) is 26.0. The van der Waals surface area contributed by atoms with E-state index < -0.39 is 23.6 Å². The van der Waals surface area contributed by atoms with Gasteiger partial charge in [-0.15, -0.1) is 0 Å². The summed E-state index contributed by atoms with van der Waals surface area (Å²) in [6.07, 6.45) is 2.93.